The van der Waals surface area contributed by atoms with Crippen LogP contribution in [-0.2, 0) is 0 Å². The summed E-state index contributed by atoms with van der Waals surface area (Å²) >= 11 is 3.41. The quantitative estimate of drug-likeness (QED) is 0.794. The predicted octanol–water partition coefficient (Wildman–Crippen LogP) is 2.88. The molecule has 0 unspecified atom stereocenters. The lowest BCUT2D eigenvalue weighted by Crippen LogP contribution is -1.90. The van der Waals surface area contributed by atoms with Crippen molar-refractivity contribution >= 4 is 26.7 Å². The minimum absolute atomic E-state index is 0.401. The highest BCUT2D eigenvalue weighted by atomic mass is 79.9. The van der Waals surface area contributed by atoms with Crippen molar-refractivity contribution in [3.8, 4) is 11.8 Å². The van der Waals surface area contributed by atoms with Crippen LogP contribution in [0.15, 0.2) is 28.9 Å². The molecule has 1 aromatic carbocycles. The van der Waals surface area contributed by atoms with E-state index in [-0.39, 0.29) is 0 Å². The fourth-order valence-corrected chi connectivity index (χ4v) is 2.03. The molecule has 0 aliphatic carbocycles. The average Bonchev–Trinajstić information content (AvgIpc) is 2.29. The molecule has 0 fully saturated rings. The van der Waals surface area contributed by atoms with Crippen molar-refractivity contribution in [2.75, 3.05) is 7.11 Å². The second-order valence-corrected chi connectivity index (χ2v) is 3.80. The number of benzene rings is 1. The summed E-state index contributed by atoms with van der Waals surface area (Å²) in [5.74, 6) is 0.743. The predicted molar refractivity (Wildman–Crippen MR) is 60.7 cm³/mol. The van der Waals surface area contributed by atoms with Crippen LogP contribution in [0.3, 0.4) is 0 Å². The number of nitrogens with zero attached hydrogens (tertiary/aromatic N) is 2. The molecule has 0 saturated heterocycles. The molecule has 0 aliphatic heterocycles. The largest absolute Gasteiger partial charge is 0.496 e. The Morgan fingerprint density at radius 2 is 2.20 bits per heavy atom. The van der Waals surface area contributed by atoms with E-state index in [0.29, 0.717) is 5.69 Å². The van der Waals surface area contributed by atoms with E-state index >= 15 is 0 Å². The van der Waals surface area contributed by atoms with Crippen molar-refractivity contribution in [1.82, 2.24) is 4.98 Å². The Balaban J connectivity index is 2.94. The number of halogens is 1. The molecule has 0 spiro atoms. The summed E-state index contributed by atoms with van der Waals surface area (Å²) < 4.78 is 6.07. The lowest BCUT2D eigenvalue weighted by Gasteiger charge is -2.07. The highest BCUT2D eigenvalue weighted by Gasteiger charge is 2.09. The van der Waals surface area contributed by atoms with E-state index in [4.69, 9.17) is 10.00 Å². The maximum atomic E-state index is 8.95. The van der Waals surface area contributed by atoms with Gasteiger partial charge in [0.25, 0.3) is 0 Å². The summed E-state index contributed by atoms with van der Waals surface area (Å²) in [4.78, 5) is 4.01. The molecule has 0 radical (unpaired) electrons. The lowest BCUT2D eigenvalue weighted by molar-refractivity contribution is 0.419. The summed E-state index contributed by atoms with van der Waals surface area (Å²) in [6.07, 6.45) is 1.61. The highest BCUT2D eigenvalue weighted by molar-refractivity contribution is 9.10. The van der Waals surface area contributed by atoms with Crippen LogP contribution in [0.5, 0.6) is 5.75 Å². The van der Waals surface area contributed by atoms with Gasteiger partial charge in [0.15, 0.2) is 0 Å². The van der Waals surface area contributed by atoms with Crippen LogP contribution in [0.1, 0.15) is 5.69 Å². The summed E-state index contributed by atoms with van der Waals surface area (Å²) in [6, 6.07) is 7.60. The Morgan fingerprint density at radius 3 is 2.87 bits per heavy atom. The Labute approximate surface area is 95.4 Å². The van der Waals surface area contributed by atoms with E-state index in [9.17, 15) is 0 Å². The topological polar surface area (TPSA) is 45.9 Å². The van der Waals surface area contributed by atoms with Crippen molar-refractivity contribution in [2.45, 2.75) is 0 Å². The minimum atomic E-state index is 0.401. The molecule has 0 amide bonds. The first kappa shape index (κ1) is 9.94. The third kappa shape index (κ3) is 1.55. The monoisotopic (exact) mass is 262 g/mol. The van der Waals surface area contributed by atoms with Gasteiger partial charge in [0.05, 0.1) is 7.11 Å². The Bertz CT molecular complexity index is 560. The molecule has 74 valence electrons. The number of aromatic nitrogens is 1. The number of hydrogen-bond acceptors (Lipinski definition) is 3. The number of nitriles is 1. The summed E-state index contributed by atoms with van der Waals surface area (Å²) in [5.41, 5.74) is 0.401. The zero-order valence-corrected chi connectivity index (χ0v) is 9.58. The molecule has 2 aromatic rings. The summed E-state index contributed by atoms with van der Waals surface area (Å²) in [7, 11) is 1.61. The van der Waals surface area contributed by atoms with Gasteiger partial charge in [-0.05, 0) is 18.2 Å². The van der Waals surface area contributed by atoms with Gasteiger partial charge >= 0.3 is 0 Å². The van der Waals surface area contributed by atoms with Gasteiger partial charge in [0.2, 0.25) is 0 Å². The molecule has 0 saturated carbocycles. The van der Waals surface area contributed by atoms with E-state index in [0.717, 1.165) is 21.0 Å². The van der Waals surface area contributed by atoms with E-state index in [1.807, 2.05) is 18.2 Å². The van der Waals surface area contributed by atoms with Crippen LogP contribution < -0.4 is 4.74 Å². The zero-order valence-electron chi connectivity index (χ0n) is 7.99. The van der Waals surface area contributed by atoms with Gasteiger partial charge in [-0.3, -0.25) is 0 Å². The normalized spacial score (nSPS) is 9.93. The van der Waals surface area contributed by atoms with Gasteiger partial charge in [-0.2, -0.15) is 5.26 Å². The molecule has 1 heterocycles. The van der Waals surface area contributed by atoms with Gasteiger partial charge < -0.3 is 4.74 Å². The smallest absolute Gasteiger partial charge is 0.149 e. The number of ether oxygens (including phenoxy) is 1. The Kier molecular flexibility index (Phi) is 2.57. The Morgan fingerprint density at radius 1 is 1.40 bits per heavy atom. The summed E-state index contributed by atoms with van der Waals surface area (Å²) in [6.45, 7) is 0. The first-order valence-corrected chi connectivity index (χ1v) is 5.08. The third-order valence-corrected chi connectivity index (χ3v) is 2.82. The van der Waals surface area contributed by atoms with Crippen molar-refractivity contribution in [3.63, 3.8) is 0 Å². The first-order valence-electron chi connectivity index (χ1n) is 4.29. The molecule has 0 aliphatic rings. The van der Waals surface area contributed by atoms with Crippen molar-refractivity contribution < 1.29 is 4.74 Å². The molecule has 0 bridgehead atoms. The highest BCUT2D eigenvalue weighted by Crippen LogP contribution is 2.32. The number of pyridine rings is 1. The molecule has 3 nitrogen and oxygen atoms in total. The van der Waals surface area contributed by atoms with Crippen LogP contribution in [0.2, 0.25) is 0 Å². The molecule has 4 heteroatoms. The molecule has 15 heavy (non-hydrogen) atoms. The number of hydrogen-bond donors (Lipinski definition) is 0. The second-order valence-electron chi connectivity index (χ2n) is 2.94. The van der Waals surface area contributed by atoms with Gasteiger partial charge in [0.1, 0.15) is 17.5 Å². The van der Waals surface area contributed by atoms with E-state index in [2.05, 4.69) is 27.0 Å². The lowest BCUT2D eigenvalue weighted by atomic mass is 10.1. The van der Waals surface area contributed by atoms with Crippen LogP contribution in [0.4, 0.5) is 0 Å². The first-order chi connectivity index (χ1) is 7.27. The van der Waals surface area contributed by atoms with E-state index in [1.165, 1.54) is 0 Å². The molecule has 0 atom stereocenters. The van der Waals surface area contributed by atoms with Crippen molar-refractivity contribution in [2.24, 2.45) is 0 Å². The number of fused-ring (bicyclic) bond motifs is 1. The fourth-order valence-electron chi connectivity index (χ4n) is 1.49. The van der Waals surface area contributed by atoms with Gasteiger partial charge in [-0.15, -0.1) is 0 Å². The van der Waals surface area contributed by atoms with Crippen LogP contribution in [-0.4, -0.2) is 12.1 Å². The molecule has 1 aromatic heterocycles. The fraction of sp³-hybridized carbons (Fsp3) is 0.0909. The van der Waals surface area contributed by atoms with Gasteiger partial charge in [-0.1, -0.05) is 15.9 Å². The van der Waals surface area contributed by atoms with E-state index < -0.39 is 0 Å². The second kappa shape index (κ2) is 3.87. The molecular weight excluding hydrogens is 256 g/mol. The Hall–Kier alpha value is -1.60. The van der Waals surface area contributed by atoms with Crippen LogP contribution >= 0.6 is 15.9 Å². The zero-order chi connectivity index (χ0) is 10.8. The SMILES string of the molecule is COc1ccc(Br)c2c(C#N)nccc12. The maximum absolute atomic E-state index is 8.95. The molecule has 0 N–H and O–H groups in total. The number of rotatable bonds is 1. The van der Waals surface area contributed by atoms with Crippen molar-refractivity contribution in [1.29, 1.82) is 5.26 Å². The van der Waals surface area contributed by atoms with Crippen molar-refractivity contribution in [3.05, 3.63) is 34.6 Å². The van der Waals surface area contributed by atoms with Crippen LogP contribution in [0.25, 0.3) is 10.8 Å². The maximum Gasteiger partial charge on any atom is 0.149 e. The number of methoxy groups -OCH3 is 1. The van der Waals surface area contributed by atoms with Crippen LogP contribution in [0, 0.1) is 11.3 Å². The minimum Gasteiger partial charge on any atom is -0.496 e. The summed E-state index contributed by atoms with van der Waals surface area (Å²) in [5, 5.41) is 10.6. The third-order valence-electron chi connectivity index (χ3n) is 2.16. The van der Waals surface area contributed by atoms with E-state index in [1.54, 1.807) is 13.3 Å². The standard InChI is InChI=1S/C11H7BrN2O/c1-15-10-3-2-8(12)11-7(10)4-5-14-9(11)6-13/h2-5H,1H3. The van der Waals surface area contributed by atoms with Gasteiger partial charge in [0, 0.05) is 21.4 Å². The molecular formula is C11H7BrN2O. The average molecular weight is 263 g/mol. The van der Waals surface area contributed by atoms with Gasteiger partial charge in [-0.25, -0.2) is 4.98 Å². The molecule has 2 rings (SSSR count).